The number of nitrogens with one attached hydrogen (secondary N) is 1. The lowest BCUT2D eigenvalue weighted by Gasteiger charge is -2.33. The SMILES string of the molecule is CCCCN1CCNCC1C(N)=O. The Balaban J connectivity index is 2.41. The number of rotatable bonds is 4. The summed E-state index contributed by atoms with van der Waals surface area (Å²) in [6.07, 6.45) is 2.30. The molecule has 0 radical (unpaired) electrons. The van der Waals surface area contributed by atoms with E-state index in [1.54, 1.807) is 0 Å². The number of nitrogens with zero attached hydrogens (tertiary/aromatic N) is 1. The maximum absolute atomic E-state index is 11.1. The summed E-state index contributed by atoms with van der Waals surface area (Å²) in [5.41, 5.74) is 5.31. The van der Waals surface area contributed by atoms with Crippen LogP contribution in [0.15, 0.2) is 0 Å². The van der Waals surface area contributed by atoms with Gasteiger partial charge in [0, 0.05) is 19.6 Å². The predicted octanol–water partition coefficient (Wildman–Crippen LogP) is -0.454. The van der Waals surface area contributed by atoms with Crippen LogP contribution in [0.25, 0.3) is 0 Å². The molecule has 1 saturated heterocycles. The van der Waals surface area contributed by atoms with Gasteiger partial charge in [-0.15, -0.1) is 0 Å². The normalized spacial score (nSPS) is 24.5. The summed E-state index contributed by atoms with van der Waals surface area (Å²) in [7, 11) is 0. The first-order valence-electron chi connectivity index (χ1n) is 4.99. The zero-order chi connectivity index (χ0) is 9.68. The number of primary amides is 1. The van der Waals surface area contributed by atoms with Gasteiger partial charge in [0.2, 0.25) is 5.91 Å². The van der Waals surface area contributed by atoms with E-state index in [0.29, 0.717) is 6.54 Å². The van der Waals surface area contributed by atoms with Gasteiger partial charge in [0.05, 0.1) is 0 Å². The number of piperazine rings is 1. The van der Waals surface area contributed by atoms with Crippen molar-refractivity contribution in [2.45, 2.75) is 25.8 Å². The average Bonchev–Trinajstić information content (AvgIpc) is 2.15. The highest BCUT2D eigenvalue weighted by atomic mass is 16.1. The van der Waals surface area contributed by atoms with E-state index in [2.05, 4.69) is 17.1 Å². The molecule has 1 atom stereocenters. The Morgan fingerprint density at radius 2 is 2.46 bits per heavy atom. The Labute approximate surface area is 79.5 Å². The van der Waals surface area contributed by atoms with Crippen molar-refractivity contribution in [1.29, 1.82) is 0 Å². The van der Waals surface area contributed by atoms with Gasteiger partial charge in [-0.2, -0.15) is 0 Å². The summed E-state index contributed by atoms with van der Waals surface area (Å²) in [5, 5.41) is 3.18. The minimum atomic E-state index is -0.205. The molecule has 0 spiro atoms. The fourth-order valence-electron chi connectivity index (χ4n) is 1.66. The molecular formula is C9H19N3O. The number of carbonyl (C=O) groups excluding carboxylic acids is 1. The smallest absolute Gasteiger partial charge is 0.236 e. The quantitative estimate of drug-likeness (QED) is 0.623. The second-order valence-corrected chi connectivity index (χ2v) is 3.51. The Morgan fingerprint density at radius 1 is 1.69 bits per heavy atom. The Bertz CT molecular complexity index is 172. The first-order valence-corrected chi connectivity index (χ1v) is 4.99. The molecule has 0 aromatic carbocycles. The third-order valence-electron chi connectivity index (χ3n) is 2.48. The lowest BCUT2D eigenvalue weighted by molar-refractivity contribution is -0.123. The molecule has 4 heteroatoms. The van der Waals surface area contributed by atoms with Gasteiger partial charge in [-0.25, -0.2) is 0 Å². The fourth-order valence-corrected chi connectivity index (χ4v) is 1.66. The van der Waals surface area contributed by atoms with Crippen molar-refractivity contribution in [2.24, 2.45) is 5.73 Å². The van der Waals surface area contributed by atoms with E-state index in [0.717, 1.165) is 32.5 Å². The van der Waals surface area contributed by atoms with Crippen LogP contribution >= 0.6 is 0 Å². The van der Waals surface area contributed by atoms with E-state index < -0.39 is 0 Å². The second kappa shape index (κ2) is 5.19. The largest absolute Gasteiger partial charge is 0.368 e. The summed E-state index contributed by atoms with van der Waals surface area (Å²) in [6.45, 7) is 5.76. The van der Waals surface area contributed by atoms with Crippen LogP contribution in [-0.4, -0.2) is 43.0 Å². The van der Waals surface area contributed by atoms with Crippen LogP contribution in [0.5, 0.6) is 0 Å². The van der Waals surface area contributed by atoms with Gasteiger partial charge in [-0.05, 0) is 13.0 Å². The number of carbonyl (C=O) groups is 1. The van der Waals surface area contributed by atoms with Crippen molar-refractivity contribution >= 4 is 5.91 Å². The molecule has 3 N–H and O–H groups in total. The van der Waals surface area contributed by atoms with Crippen LogP contribution in [0.4, 0.5) is 0 Å². The molecule has 0 aromatic heterocycles. The topological polar surface area (TPSA) is 58.4 Å². The van der Waals surface area contributed by atoms with E-state index in [4.69, 9.17) is 5.73 Å². The van der Waals surface area contributed by atoms with Gasteiger partial charge in [0.15, 0.2) is 0 Å². The molecule has 1 amide bonds. The lowest BCUT2D eigenvalue weighted by Crippen LogP contribution is -2.56. The first kappa shape index (κ1) is 10.5. The van der Waals surface area contributed by atoms with E-state index in [-0.39, 0.29) is 11.9 Å². The Morgan fingerprint density at radius 3 is 3.08 bits per heavy atom. The van der Waals surface area contributed by atoms with Crippen molar-refractivity contribution < 1.29 is 4.79 Å². The van der Waals surface area contributed by atoms with Gasteiger partial charge in [-0.1, -0.05) is 13.3 Å². The molecule has 4 nitrogen and oxygen atoms in total. The summed E-state index contributed by atoms with van der Waals surface area (Å²) in [5.74, 6) is -0.205. The third kappa shape index (κ3) is 2.97. The summed E-state index contributed by atoms with van der Waals surface area (Å²) >= 11 is 0. The van der Waals surface area contributed by atoms with Gasteiger partial charge >= 0.3 is 0 Å². The minimum Gasteiger partial charge on any atom is -0.368 e. The number of unbranched alkanes of at least 4 members (excludes halogenated alkanes) is 1. The summed E-state index contributed by atoms with van der Waals surface area (Å²) in [4.78, 5) is 13.3. The number of amides is 1. The maximum Gasteiger partial charge on any atom is 0.236 e. The number of nitrogens with two attached hydrogens (primary N) is 1. The van der Waals surface area contributed by atoms with Crippen LogP contribution in [0.1, 0.15) is 19.8 Å². The van der Waals surface area contributed by atoms with Crippen LogP contribution in [0, 0.1) is 0 Å². The number of hydrogen-bond acceptors (Lipinski definition) is 3. The van der Waals surface area contributed by atoms with E-state index in [1.165, 1.54) is 0 Å². The second-order valence-electron chi connectivity index (χ2n) is 3.51. The van der Waals surface area contributed by atoms with Crippen LogP contribution in [-0.2, 0) is 4.79 Å². The van der Waals surface area contributed by atoms with Crippen LogP contribution < -0.4 is 11.1 Å². The molecule has 1 unspecified atom stereocenters. The summed E-state index contributed by atoms with van der Waals surface area (Å²) in [6, 6.07) is -0.0969. The molecular weight excluding hydrogens is 166 g/mol. The monoisotopic (exact) mass is 185 g/mol. The van der Waals surface area contributed by atoms with E-state index in [1.807, 2.05) is 0 Å². The molecule has 76 valence electrons. The average molecular weight is 185 g/mol. The molecule has 1 rings (SSSR count). The molecule has 1 fully saturated rings. The van der Waals surface area contributed by atoms with Crippen LogP contribution in [0.3, 0.4) is 0 Å². The van der Waals surface area contributed by atoms with Gasteiger partial charge in [-0.3, -0.25) is 9.69 Å². The van der Waals surface area contributed by atoms with E-state index in [9.17, 15) is 4.79 Å². The molecule has 1 aliphatic heterocycles. The lowest BCUT2D eigenvalue weighted by atomic mass is 10.1. The van der Waals surface area contributed by atoms with Gasteiger partial charge in [0.1, 0.15) is 6.04 Å². The van der Waals surface area contributed by atoms with Crippen LogP contribution in [0.2, 0.25) is 0 Å². The predicted molar refractivity (Wildman–Crippen MR) is 52.3 cm³/mol. The maximum atomic E-state index is 11.1. The van der Waals surface area contributed by atoms with Gasteiger partial charge in [0.25, 0.3) is 0 Å². The van der Waals surface area contributed by atoms with Crippen molar-refractivity contribution in [3.05, 3.63) is 0 Å². The molecule has 0 bridgehead atoms. The molecule has 1 aliphatic rings. The Hall–Kier alpha value is -0.610. The fraction of sp³-hybridized carbons (Fsp3) is 0.889. The standard InChI is InChI=1S/C9H19N3O/c1-2-3-5-12-6-4-11-7-8(12)9(10)13/h8,11H,2-7H2,1H3,(H2,10,13). The third-order valence-corrected chi connectivity index (χ3v) is 2.48. The molecule has 1 heterocycles. The highest BCUT2D eigenvalue weighted by Crippen LogP contribution is 2.04. The summed E-state index contributed by atoms with van der Waals surface area (Å²) < 4.78 is 0. The number of hydrogen-bond donors (Lipinski definition) is 2. The van der Waals surface area contributed by atoms with Gasteiger partial charge < -0.3 is 11.1 Å². The zero-order valence-corrected chi connectivity index (χ0v) is 8.25. The van der Waals surface area contributed by atoms with E-state index >= 15 is 0 Å². The molecule has 13 heavy (non-hydrogen) atoms. The van der Waals surface area contributed by atoms with Crippen molar-refractivity contribution in [3.63, 3.8) is 0 Å². The highest BCUT2D eigenvalue weighted by Gasteiger charge is 2.25. The van der Waals surface area contributed by atoms with Crippen molar-refractivity contribution in [1.82, 2.24) is 10.2 Å². The molecule has 0 aromatic rings. The van der Waals surface area contributed by atoms with Crippen molar-refractivity contribution in [2.75, 3.05) is 26.2 Å². The minimum absolute atomic E-state index is 0.0969. The Kier molecular flexibility index (Phi) is 4.18. The molecule has 0 aliphatic carbocycles. The van der Waals surface area contributed by atoms with Crippen molar-refractivity contribution in [3.8, 4) is 0 Å². The molecule has 0 saturated carbocycles. The first-order chi connectivity index (χ1) is 6.25. The highest BCUT2D eigenvalue weighted by molar-refractivity contribution is 5.80. The zero-order valence-electron chi connectivity index (χ0n) is 8.25.